The lowest BCUT2D eigenvalue weighted by Gasteiger charge is -2.03. The number of ether oxygens (including phenoxy) is 1. The first kappa shape index (κ1) is 12.0. The Kier molecular flexibility index (Phi) is 3.88. The van der Waals surface area contributed by atoms with Crippen molar-refractivity contribution in [2.24, 2.45) is 0 Å². The molecule has 1 aromatic rings. The van der Waals surface area contributed by atoms with Gasteiger partial charge in [0.05, 0.1) is 6.61 Å². The third kappa shape index (κ3) is 2.50. The number of halogens is 1. The van der Waals surface area contributed by atoms with Crippen LogP contribution in [-0.4, -0.2) is 24.6 Å². The number of aldehydes is 1. The molecule has 1 rings (SSSR count). The summed E-state index contributed by atoms with van der Waals surface area (Å²) in [5.41, 5.74) is -0.326. The number of ketones is 1. The van der Waals surface area contributed by atoms with Crippen LogP contribution in [0.1, 0.15) is 27.6 Å². The highest BCUT2D eigenvalue weighted by Crippen LogP contribution is 2.11. The summed E-state index contributed by atoms with van der Waals surface area (Å²) >= 11 is 0. The lowest BCUT2D eigenvalue weighted by Crippen LogP contribution is -2.19. The van der Waals surface area contributed by atoms with Crippen molar-refractivity contribution in [2.45, 2.75) is 6.92 Å². The molecule has 16 heavy (non-hydrogen) atoms. The molecule has 0 saturated heterocycles. The van der Waals surface area contributed by atoms with Crippen molar-refractivity contribution < 1.29 is 23.5 Å². The van der Waals surface area contributed by atoms with Crippen LogP contribution >= 0.6 is 0 Å². The number of esters is 1. The van der Waals surface area contributed by atoms with E-state index in [-0.39, 0.29) is 17.7 Å². The monoisotopic (exact) mass is 224 g/mol. The Bertz CT molecular complexity index is 440. The number of carbonyl (C=O) groups excluding carboxylic acids is 3. The van der Waals surface area contributed by atoms with Crippen molar-refractivity contribution >= 4 is 18.0 Å². The van der Waals surface area contributed by atoms with Gasteiger partial charge in [-0.15, -0.1) is 0 Å². The first-order valence-electron chi connectivity index (χ1n) is 4.56. The van der Waals surface area contributed by atoms with Crippen molar-refractivity contribution in [1.82, 2.24) is 0 Å². The average Bonchev–Trinajstić information content (AvgIpc) is 2.28. The molecule has 0 saturated carbocycles. The second-order valence-electron chi connectivity index (χ2n) is 2.90. The molecule has 0 heterocycles. The topological polar surface area (TPSA) is 60.4 Å². The molecular weight excluding hydrogens is 215 g/mol. The largest absolute Gasteiger partial charge is 0.460 e. The van der Waals surface area contributed by atoms with Crippen molar-refractivity contribution in [3.05, 3.63) is 35.1 Å². The molecule has 0 aliphatic heterocycles. The standard InChI is InChI=1S/C11H9FO4/c1-2-16-11(15)10(14)9-4-3-8(12)5-7(9)6-13/h3-6H,2H2,1H3. The third-order valence-electron chi connectivity index (χ3n) is 1.85. The average molecular weight is 224 g/mol. The van der Waals surface area contributed by atoms with E-state index in [1.54, 1.807) is 6.92 Å². The molecule has 0 fully saturated rings. The normalized spacial score (nSPS) is 9.62. The number of benzene rings is 1. The summed E-state index contributed by atoms with van der Waals surface area (Å²) in [5, 5.41) is 0. The van der Waals surface area contributed by atoms with Crippen LogP contribution in [0.4, 0.5) is 4.39 Å². The fraction of sp³-hybridized carbons (Fsp3) is 0.182. The molecular formula is C11H9FO4. The van der Waals surface area contributed by atoms with E-state index < -0.39 is 17.6 Å². The minimum Gasteiger partial charge on any atom is -0.460 e. The van der Waals surface area contributed by atoms with E-state index in [9.17, 15) is 18.8 Å². The quantitative estimate of drug-likeness (QED) is 0.335. The fourth-order valence-corrected chi connectivity index (χ4v) is 1.14. The van der Waals surface area contributed by atoms with E-state index in [0.29, 0.717) is 6.29 Å². The highest BCUT2D eigenvalue weighted by molar-refractivity contribution is 6.41. The zero-order valence-corrected chi connectivity index (χ0v) is 8.53. The first-order chi connectivity index (χ1) is 7.60. The molecule has 0 unspecified atom stereocenters. The van der Waals surface area contributed by atoms with Gasteiger partial charge in [-0.1, -0.05) is 0 Å². The van der Waals surface area contributed by atoms with E-state index in [2.05, 4.69) is 4.74 Å². The highest BCUT2D eigenvalue weighted by Gasteiger charge is 2.20. The summed E-state index contributed by atoms with van der Waals surface area (Å²) in [6.45, 7) is 1.61. The molecule has 4 nitrogen and oxygen atoms in total. The minimum atomic E-state index is -1.06. The lowest BCUT2D eigenvalue weighted by atomic mass is 10.0. The number of hydrogen-bond acceptors (Lipinski definition) is 4. The van der Waals surface area contributed by atoms with Crippen LogP contribution in [0.25, 0.3) is 0 Å². The number of hydrogen-bond donors (Lipinski definition) is 0. The van der Waals surface area contributed by atoms with Gasteiger partial charge in [0.1, 0.15) is 5.82 Å². The molecule has 0 amide bonds. The van der Waals surface area contributed by atoms with Crippen molar-refractivity contribution in [3.63, 3.8) is 0 Å². The van der Waals surface area contributed by atoms with E-state index in [1.807, 2.05) is 0 Å². The minimum absolute atomic E-state index is 0.0577. The van der Waals surface area contributed by atoms with Crippen LogP contribution in [0.3, 0.4) is 0 Å². The maximum atomic E-state index is 12.8. The maximum Gasteiger partial charge on any atom is 0.379 e. The Hall–Kier alpha value is -2.04. The van der Waals surface area contributed by atoms with Gasteiger partial charge in [0.15, 0.2) is 6.29 Å². The van der Waals surface area contributed by atoms with Gasteiger partial charge < -0.3 is 4.74 Å². The number of rotatable bonds is 4. The second-order valence-corrected chi connectivity index (χ2v) is 2.90. The van der Waals surface area contributed by atoms with Crippen molar-refractivity contribution in [2.75, 3.05) is 6.61 Å². The molecule has 0 aromatic heterocycles. The molecule has 0 bridgehead atoms. The molecule has 5 heteroatoms. The number of carbonyl (C=O) groups is 3. The Morgan fingerprint density at radius 2 is 2.12 bits per heavy atom. The van der Waals surface area contributed by atoms with Crippen LogP contribution in [-0.2, 0) is 9.53 Å². The molecule has 0 radical (unpaired) electrons. The molecule has 0 aliphatic carbocycles. The van der Waals surface area contributed by atoms with Gasteiger partial charge >= 0.3 is 5.97 Å². The zero-order chi connectivity index (χ0) is 12.1. The van der Waals surface area contributed by atoms with Gasteiger partial charge in [-0.05, 0) is 25.1 Å². The van der Waals surface area contributed by atoms with Crippen LogP contribution in [0.5, 0.6) is 0 Å². The Balaban J connectivity index is 3.08. The summed E-state index contributed by atoms with van der Waals surface area (Å²) in [4.78, 5) is 33.2. The maximum absolute atomic E-state index is 12.8. The van der Waals surface area contributed by atoms with Crippen LogP contribution in [0.2, 0.25) is 0 Å². The number of Topliss-reactive ketones (excluding diaryl/α,β-unsaturated/α-hetero) is 1. The van der Waals surface area contributed by atoms with Gasteiger partial charge in [0.2, 0.25) is 0 Å². The molecule has 0 spiro atoms. The lowest BCUT2D eigenvalue weighted by molar-refractivity contribution is -0.137. The molecule has 0 N–H and O–H groups in total. The Morgan fingerprint density at radius 1 is 1.44 bits per heavy atom. The summed E-state index contributed by atoms with van der Waals surface area (Å²) in [5.74, 6) is -2.66. The van der Waals surface area contributed by atoms with Crippen molar-refractivity contribution in [1.29, 1.82) is 0 Å². The summed E-state index contributed by atoms with van der Waals surface area (Å²) in [7, 11) is 0. The van der Waals surface area contributed by atoms with Crippen LogP contribution < -0.4 is 0 Å². The molecule has 0 atom stereocenters. The summed E-state index contributed by atoms with van der Waals surface area (Å²) in [6, 6.07) is 2.97. The first-order valence-corrected chi connectivity index (χ1v) is 4.56. The fourth-order valence-electron chi connectivity index (χ4n) is 1.14. The Labute approximate surface area is 91.0 Å². The molecule has 0 aliphatic rings. The van der Waals surface area contributed by atoms with Gasteiger partial charge in [-0.25, -0.2) is 9.18 Å². The predicted molar refractivity (Wildman–Crippen MR) is 52.8 cm³/mol. The predicted octanol–water partition coefficient (Wildman–Crippen LogP) is 1.38. The summed E-state index contributed by atoms with van der Waals surface area (Å²) in [6.07, 6.45) is 0.315. The van der Waals surface area contributed by atoms with E-state index in [0.717, 1.165) is 18.2 Å². The van der Waals surface area contributed by atoms with Gasteiger partial charge in [0.25, 0.3) is 5.78 Å². The third-order valence-corrected chi connectivity index (χ3v) is 1.85. The van der Waals surface area contributed by atoms with E-state index in [4.69, 9.17) is 0 Å². The van der Waals surface area contributed by atoms with Crippen LogP contribution in [0.15, 0.2) is 18.2 Å². The van der Waals surface area contributed by atoms with Crippen LogP contribution in [0, 0.1) is 5.82 Å². The molecule has 84 valence electrons. The van der Waals surface area contributed by atoms with Gasteiger partial charge in [-0.2, -0.15) is 0 Å². The van der Waals surface area contributed by atoms with Gasteiger partial charge in [-0.3, -0.25) is 9.59 Å². The highest BCUT2D eigenvalue weighted by atomic mass is 19.1. The SMILES string of the molecule is CCOC(=O)C(=O)c1ccc(F)cc1C=O. The zero-order valence-electron chi connectivity index (χ0n) is 8.53. The van der Waals surface area contributed by atoms with E-state index >= 15 is 0 Å². The van der Waals surface area contributed by atoms with Crippen molar-refractivity contribution in [3.8, 4) is 0 Å². The van der Waals surface area contributed by atoms with Gasteiger partial charge in [0, 0.05) is 11.1 Å². The summed E-state index contributed by atoms with van der Waals surface area (Å²) < 4.78 is 17.3. The smallest absolute Gasteiger partial charge is 0.379 e. The van der Waals surface area contributed by atoms with E-state index in [1.165, 1.54) is 0 Å². The Morgan fingerprint density at radius 3 is 2.69 bits per heavy atom. The molecule has 1 aromatic carbocycles. The second kappa shape index (κ2) is 5.16.